The van der Waals surface area contributed by atoms with Gasteiger partial charge in [-0.1, -0.05) is 18.2 Å². The van der Waals surface area contributed by atoms with Crippen LogP contribution >= 0.6 is 0 Å². The van der Waals surface area contributed by atoms with Gasteiger partial charge in [-0.05, 0) is 18.1 Å². The van der Waals surface area contributed by atoms with Crippen LogP contribution in [0.3, 0.4) is 0 Å². The van der Waals surface area contributed by atoms with Gasteiger partial charge in [0.2, 0.25) is 0 Å². The highest BCUT2D eigenvalue weighted by Gasteiger charge is 2.11. The third-order valence-corrected chi connectivity index (χ3v) is 1.56. The first kappa shape index (κ1) is 5.74. The zero-order valence-electron chi connectivity index (χ0n) is 5.50. The van der Waals surface area contributed by atoms with Gasteiger partial charge in [0, 0.05) is 0 Å². The van der Waals surface area contributed by atoms with Gasteiger partial charge >= 0.3 is 0 Å². The molecule has 1 aliphatic carbocycles. The second-order valence-electron chi connectivity index (χ2n) is 2.24. The summed E-state index contributed by atoms with van der Waals surface area (Å²) in [6, 6.07) is 0. The van der Waals surface area contributed by atoms with Gasteiger partial charge in [0.05, 0.1) is 6.54 Å². The first-order valence-corrected chi connectivity index (χ1v) is 3.29. The SMILES string of the molecule is [CH]1C=C2CC=CC=C2ON1. The molecule has 2 rings (SSSR count). The minimum absolute atomic E-state index is 0.935. The van der Waals surface area contributed by atoms with Gasteiger partial charge in [-0.2, -0.15) is 0 Å². The predicted octanol–water partition coefficient (Wildman–Crippen LogP) is 1.45. The monoisotopic (exact) mass is 134 g/mol. The van der Waals surface area contributed by atoms with Gasteiger partial charge in [-0.3, -0.25) is 0 Å². The van der Waals surface area contributed by atoms with Gasteiger partial charge in [0.1, 0.15) is 5.76 Å². The molecule has 2 nitrogen and oxygen atoms in total. The summed E-state index contributed by atoms with van der Waals surface area (Å²) in [6.45, 7) is 1.80. The summed E-state index contributed by atoms with van der Waals surface area (Å²) in [5, 5.41) is 0. The highest BCUT2D eigenvalue weighted by atomic mass is 16.6. The van der Waals surface area contributed by atoms with Crippen molar-refractivity contribution in [3.63, 3.8) is 0 Å². The fourth-order valence-corrected chi connectivity index (χ4v) is 1.04. The summed E-state index contributed by atoms with van der Waals surface area (Å²) in [5.41, 5.74) is 3.92. The van der Waals surface area contributed by atoms with Crippen molar-refractivity contribution < 1.29 is 4.84 Å². The maximum Gasteiger partial charge on any atom is 0.150 e. The van der Waals surface area contributed by atoms with E-state index < -0.39 is 0 Å². The van der Waals surface area contributed by atoms with Crippen LogP contribution in [-0.4, -0.2) is 0 Å². The number of hydrogen-bond acceptors (Lipinski definition) is 2. The number of nitrogens with one attached hydrogen (secondary N) is 1. The molecule has 1 N–H and O–H groups in total. The van der Waals surface area contributed by atoms with E-state index in [-0.39, 0.29) is 0 Å². The maximum absolute atomic E-state index is 5.12. The maximum atomic E-state index is 5.12. The van der Waals surface area contributed by atoms with Crippen molar-refractivity contribution in [2.24, 2.45) is 0 Å². The molecule has 0 saturated heterocycles. The molecule has 0 spiro atoms. The number of hydroxylamine groups is 1. The van der Waals surface area contributed by atoms with Crippen molar-refractivity contribution >= 4 is 0 Å². The Labute approximate surface area is 59.8 Å². The summed E-state index contributed by atoms with van der Waals surface area (Å²) in [5.74, 6) is 0.935. The molecule has 0 aromatic heterocycles. The molecule has 0 aromatic carbocycles. The molecule has 1 radical (unpaired) electrons. The predicted molar refractivity (Wildman–Crippen MR) is 38.4 cm³/mol. The first-order chi connectivity index (χ1) is 4.97. The van der Waals surface area contributed by atoms with E-state index >= 15 is 0 Å². The molecule has 0 saturated carbocycles. The zero-order chi connectivity index (χ0) is 6.81. The Balaban J connectivity index is 2.32. The fourth-order valence-electron chi connectivity index (χ4n) is 1.04. The molecule has 0 atom stereocenters. The van der Waals surface area contributed by atoms with Crippen LogP contribution in [-0.2, 0) is 4.84 Å². The number of rotatable bonds is 0. The lowest BCUT2D eigenvalue weighted by molar-refractivity contribution is 0.130. The van der Waals surface area contributed by atoms with E-state index in [1.54, 1.807) is 6.54 Å². The molecule has 1 aliphatic heterocycles. The average Bonchev–Trinajstić information content (AvgIpc) is 2.05. The zero-order valence-corrected chi connectivity index (χ0v) is 5.50. The van der Waals surface area contributed by atoms with E-state index in [0.29, 0.717) is 0 Å². The minimum atomic E-state index is 0.935. The van der Waals surface area contributed by atoms with E-state index in [9.17, 15) is 0 Å². The molecule has 0 unspecified atom stereocenters. The Morgan fingerprint density at radius 1 is 1.40 bits per heavy atom. The summed E-state index contributed by atoms with van der Waals surface area (Å²) < 4.78 is 0. The Morgan fingerprint density at radius 3 is 3.30 bits per heavy atom. The van der Waals surface area contributed by atoms with Crippen LogP contribution in [0.2, 0.25) is 0 Å². The smallest absolute Gasteiger partial charge is 0.150 e. The molecule has 1 heterocycles. The van der Waals surface area contributed by atoms with Crippen LogP contribution in [0.5, 0.6) is 0 Å². The molecular weight excluding hydrogens is 126 g/mol. The number of fused-ring (bicyclic) bond motifs is 1. The van der Waals surface area contributed by atoms with E-state index in [2.05, 4.69) is 11.6 Å². The second kappa shape index (κ2) is 2.31. The molecule has 0 amide bonds. The lowest BCUT2D eigenvalue weighted by Crippen LogP contribution is -2.16. The van der Waals surface area contributed by atoms with Crippen molar-refractivity contribution in [3.8, 4) is 0 Å². The lowest BCUT2D eigenvalue weighted by Gasteiger charge is -2.18. The number of allylic oxidation sites excluding steroid dienone is 4. The van der Waals surface area contributed by atoms with Crippen LogP contribution in [0.15, 0.2) is 35.6 Å². The van der Waals surface area contributed by atoms with Crippen LogP contribution < -0.4 is 5.48 Å². The fraction of sp³-hybridized carbons (Fsp3) is 0.125. The molecule has 51 valence electrons. The molecule has 10 heavy (non-hydrogen) atoms. The Bertz CT molecular complexity index is 225. The molecule has 0 fully saturated rings. The summed E-state index contributed by atoms with van der Waals surface area (Å²) in [6.07, 6.45) is 9.07. The van der Waals surface area contributed by atoms with Gasteiger partial charge < -0.3 is 4.84 Å². The average molecular weight is 134 g/mol. The highest BCUT2D eigenvalue weighted by molar-refractivity contribution is 5.37. The molecular formula is C8H8NO. The van der Waals surface area contributed by atoms with Crippen LogP contribution in [0.1, 0.15) is 6.42 Å². The topological polar surface area (TPSA) is 21.3 Å². The quantitative estimate of drug-likeness (QED) is 0.541. The number of hydrogen-bond donors (Lipinski definition) is 1. The van der Waals surface area contributed by atoms with Gasteiger partial charge in [0.25, 0.3) is 0 Å². The van der Waals surface area contributed by atoms with E-state index in [1.165, 1.54) is 5.57 Å². The van der Waals surface area contributed by atoms with Crippen molar-refractivity contribution in [2.45, 2.75) is 6.42 Å². The van der Waals surface area contributed by atoms with Gasteiger partial charge in [-0.15, -0.1) is 5.48 Å². The lowest BCUT2D eigenvalue weighted by atomic mass is 10.1. The minimum Gasteiger partial charge on any atom is -0.408 e. The normalized spacial score (nSPS) is 22.4. The van der Waals surface area contributed by atoms with Crippen molar-refractivity contribution in [2.75, 3.05) is 0 Å². The summed E-state index contributed by atoms with van der Waals surface area (Å²) in [4.78, 5) is 5.12. The van der Waals surface area contributed by atoms with E-state index in [4.69, 9.17) is 4.84 Å². The largest absolute Gasteiger partial charge is 0.408 e. The molecule has 2 aliphatic rings. The third-order valence-electron chi connectivity index (χ3n) is 1.56. The Kier molecular flexibility index (Phi) is 1.32. The highest BCUT2D eigenvalue weighted by Crippen LogP contribution is 2.22. The second-order valence-corrected chi connectivity index (χ2v) is 2.24. The van der Waals surface area contributed by atoms with Crippen LogP contribution in [0, 0.1) is 6.54 Å². The molecule has 2 heteroatoms. The van der Waals surface area contributed by atoms with Crippen molar-refractivity contribution in [3.05, 3.63) is 42.2 Å². The van der Waals surface area contributed by atoms with Gasteiger partial charge in [0.15, 0.2) is 0 Å². The molecule has 0 aromatic rings. The Morgan fingerprint density at radius 2 is 2.40 bits per heavy atom. The van der Waals surface area contributed by atoms with Crippen molar-refractivity contribution in [1.82, 2.24) is 5.48 Å². The van der Waals surface area contributed by atoms with Gasteiger partial charge in [-0.25, -0.2) is 0 Å². The first-order valence-electron chi connectivity index (χ1n) is 3.29. The molecule has 0 bridgehead atoms. The van der Waals surface area contributed by atoms with Crippen LogP contribution in [0.4, 0.5) is 0 Å². The standard InChI is InChI=1S/C8H8NO/c1-2-4-8-7(3-1)5-6-9-10-8/h1-2,4-6,9H,3H2. The summed E-state index contributed by atoms with van der Waals surface area (Å²) >= 11 is 0. The third kappa shape index (κ3) is 0.866. The summed E-state index contributed by atoms with van der Waals surface area (Å²) in [7, 11) is 0. The van der Waals surface area contributed by atoms with Crippen molar-refractivity contribution in [1.29, 1.82) is 0 Å². The Hall–Kier alpha value is -1.02. The van der Waals surface area contributed by atoms with E-state index in [0.717, 1.165) is 12.2 Å². The van der Waals surface area contributed by atoms with E-state index in [1.807, 2.05) is 18.2 Å². The van der Waals surface area contributed by atoms with Crippen LogP contribution in [0.25, 0.3) is 0 Å².